The van der Waals surface area contributed by atoms with Crippen LogP contribution in [0.3, 0.4) is 0 Å². The van der Waals surface area contributed by atoms with Crippen LogP contribution >= 0.6 is 0 Å². The molecule has 0 aliphatic carbocycles. The van der Waals surface area contributed by atoms with Gasteiger partial charge in [0.25, 0.3) is 0 Å². The topological polar surface area (TPSA) is 64.4 Å². The van der Waals surface area contributed by atoms with Gasteiger partial charge in [0.05, 0.1) is 12.2 Å². The van der Waals surface area contributed by atoms with Crippen LogP contribution in [0.25, 0.3) is 0 Å². The van der Waals surface area contributed by atoms with Gasteiger partial charge in [0.1, 0.15) is 12.9 Å². The number of ether oxygens (including phenoxy) is 1. The van der Waals surface area contributed by atoms with Gasteiger partial charge in [-0.15, -0.1) is 0 Å². The maximum Gasteiger partial charge on any atom is 0.407 e. The molecule has 2 rings (SSSR count). The first-order valence-electron chi connectivity index (χ1n) is 5.59. The van der Waals surface area contributed by atoms with Crippen LogP contribution in [-0.2, 0) is 17.9 Å². The maximum atomic E-state index is 11.4. The molecule has 2 aromatic rings. The highest BCUT2D eigenvalue weighted by Gasteiger charge is 2.04. The lowest BCUT2D eigenvalue weighted by Gasteiger charge is -2.05. The molecule has 1 heterocycles. The van der Waals surface area contributed by atoms with E-state index in [-0.39, 0.29) is 6.61 Å². The van der Waals surface area contributed by atoms with Crippen LogP contribution in [0.5, 0.6) is 0 Å². The second-order valence-corrected chi connectivity index (χ2v) is 3.77. The lowest BCUT2D eigenvalue weighted by atomic mass is 10.2. The monoisotopic (exact) mass is 246 g/mol. The summed E-state index contributed by atoms with van der Waals surface area (Å²) in [6, 6.07) is 9.50. The minimum absolute atomic E-state index is 0.254. The van der Waals surface area contributed by atoms with Crippen molar-refractivity contribution >= 4 is 6.09 Å². The molecule has 94 valence electrons. The third kappa shape index (κ3) is 3.62. The number of carbonyl (C=O) groups is 1. The first kappa shape index (κ1) is 12.2. The Bertz CT molecular complexity index is 508. The molecule has 0 saturated carbocycles. The summed E-state index contributed by atoms with van der Waals surface area (Å²) >= 11 is 0. The van der Waals surface area contributed by atoms with E-state index in [2.05, 4.69) is 10.3 Å². The summed E-state index contributed by atoms with van der Waals surface area (Å²) in [4.78, 5) is 15.5. The number of hydrogen-bond donors (Lipinski definition) is 1. The summed E-state index contributed by atoms with van der Waals surface area (Å²) in [7, 11) is 0. The predicted octanol–water partition coefficient (Wildman–Crippen LogP) is 2.41. The SMILES string of the molecule is Cc1nc(CNC(=O)OCc2ccccc2)co1. The molecular weight excluding hydrogens is 232 g/mol. The van der Waals surface area contributed by atoms with Gasteiger partial charge in [-0.2, -0.15) is 0 Å². The highest BCUT2D eigenvalue weighted by atomic mass is 16.5. The summed E-state index contributed by atoms with van der Waals surface area (Å²) in [5, 5.41) is 2.60. The Kier molecular flexibility index (Phi) is 3.96. The normalized spacial score (nSPS) is 10.1. The van der Waals surface area contributed by atoms with Crippen LogP contribution in [0.4, 0.5) is 4.79 Å². The van der Waals surface area contributed by atoms with Crippen LogP contribution in [0.2, 0.25) is 0 Å². The Morgan fingerprint density at radius 1 is 1.39 bits per heavy atom. The summed E-state index contributed by atoms with van der Waals surface area (Å²) in [6.45, 7) is 2.30. The Labute approximate surface area is 105 Å². The van der Waals surface area contributed by atoms with Crippen LogP contribution in [-0.4, -0.2) is 11.1 Å². The van der Waals surface area contributed by atoms with Gasteiger partial charge in [0, 0.05) is 6.92 Å². The van der Waals surface area contributed by atoms with Crippen molar-refractivity contribution in [2.75, 3.05) is 0 Å². The molecule has 18 heavy (non-hydrogen) atoms. The van der Waals surface area contributed by atoms with Crippen LogP contribution < -0.4 is 5.32 Å². The molecule has 5 heteroatoms. The van der Waals surface area contributed by atoms with Gasteiger partial charge in [-0.05, 0) is 5.56 Å². The highest BCUT2D eigenvalue weighted by Crippen LogP contribution is 2.02. The van der Waals surface area contributed by atoms with Gasteiger partial charge in [-0.1, -0.05) is 30.3 Å². The fourth-order valence-electron chi connectivity index (χ4n) is 1.43. The summed E-state index contributed by atoms with van der Waals surface area (Å²) in [5.74, 6) is 0.574. The molecular formula is C13H14N2O3. The molecule has 0 atom stereocenters. The molecule has 1 amide bonds. The zero-order valence-electron chi connectivity index (χ0n) is 10.1. The Hall–Kier alpha value is -2.30. The van der Waals surface area contributed by atoms with Gasteiger partial charge in [-0.25, -0.2) is 9.78 Å². The number of oxazole rings is 1. The van der Waals surface area contributed by atoms with Gasteiger partial charge < -0.3 is 14.5 Å². The Morgan fingerprint density at radius 3 is 2.83 bits per heavy atom. The molecule has 0 fully saturated rings. The number of carbonyl (C=O) groups excluding carboxylic acids is 1. The van der Waals surface area contributed by atoms with E-state index in [1.807, 2.05) is 30.3 Å². The number of aryl methyl sites for hydroxylation is 1. The Morgan fingerprint density at radius 2 is 2.17 bits per heavy atom. The lowest BCUT2D eigenvalue weighted by molar-refractivity contribution is 0.139. The van der Waals surface area contributed by atoms with E-state index in [4.69, 9.17) is 9.15 Å². The molecule has 0 saturated heterocycles. The van der Waals surface area contributed by atoms with E-state index in [0.717, 1.165) is 5.56 Å². The van der Waals surface area contributed by atoms with Crippen molar-refractivity contribution in [1.82, 2.24) is 10.3 Å². The van der Waals surface area contributed by atoms with E-state index in [9.17, 15) is 4.79 Å². The first-order valence-corrected chi connectivity index (χ1v) is 5.59. The number of alkyl carbamates (subject to hydrolysis) is 1. The average molecular weight is 246 g/mol. The molecule has 0 spiro atoms. The molecule has 5 nitrogen and oxygen atoms in total. The largest absolute Gasteiger partial charge is 0.449 e. The van der Waals surface area contributed by atoms with Gasteiger partial charge in [0.15, 0.2) is 5.89 Å². The van der Waals surface area contributed by atoms with Crippen LogP contribution in [0, 0.1) is 6.92 Å². The number of amides is 1. The second-order valence-electron chi connectivity index (χ2n) is 3.77. The van der Waals surface area contributed by atoms with Crippen molar-refractivity contribution in [3.05, 3.63) is 53.7 Å². The Balaban J connectivity index is 1.73. The number of nitrogens with one attached hydrogen (secondary N) is 1. The van der Waals surface area contributed by atoms with Crippen molar-refractivity contribution in [2.45, 2.75) is 20.1 Å². The highest BCUT2D eigenvalue weighted by molar-refractivity contribution is 5.67. The minimum Gasteiger partial charge on any atom is -0.449 e. The third-order valence-electron chi connectivity index (χ3n) is 2.29. The fraction of sp³-hybridized carbons (Fsp3) is 0.231. The van der Waals surface area contributed by atoms with E-state index < -0.39 is 6.09 Å². The van der Waals surface area contributed by atoms with Crippen LogP contribution in [0.15, 0.2) is 41.0 Å². The number of rotatable bonds is 4. The standard InChI is InChI=1S/C13H14N2O3/c1-10-15-12(9-17-10)7-14-13(16)18-8-11-5-3-2-4-6-11/h2-6,9H,7-8H2,1H3,(H,14,16). The minimum atomic E-state index is -0.473. The molecule has 1 N–H and O–H groups in total. The van der Waals surface area contributed by atoms with Crippen molar-refractivity contribution in [1.29, 1.82) is 0 Å². The van der Waals surface area contributed by atoms with Crippen molar-refractivity contribution in [3.8, 4) is 0 Å². The molecule has 0 aliphatic heterocycles. The first-order chi connectivity index (χ1) is 8.74. The average Bonchev–Trinajstić information content (AvgIpc) is 2.81. The third-order valence-corrected chi connectivity index (χ3v) is 2.29. The van der Waals surface area contributed by atoms with Gasteiger partial charge in [0.2, 0.25) is 0 Å². The number of benzene rings is 1. The van der Waals surface area contributed by atoms with Crippen molar-refractivity contribution in [3.63, 3.8) is 0 Å². The molecule has 1 aromatic heterocycles. The molecule has 0 unspecified atom stereocenters. The second kappa shape index (κ2) is 5.86. The lowest BCUT2D eigenvalue weighted by Crippen LogP contribution is -2.23. The van der Waals surface area contributed by atoms with Crippen LogP contribution in [0.1, 0.15) is 17.1 Å². The van der Waals surface area contributed by atoms with E-state index >= 15 is 0 Å². The van der Waals surface area contributed by atoms with Gasteiger partial charge >= 0.3 is 6.09 Å². The smallest absolute Gasteiger partial charge is 0.407 e. The quantitative estimate of drug-likeness (QED) is 0.899. The summed E-state index contributed by atoms with van der Waals surface area (Å²) in [6.07, 6.45) is 1.03. The maximum absolute atomic E-state index is 11.4. The van der Waals surface area contributed by atoms with E-state index in [1.54, 1.807) is 6.92 Å². The van der Waals surface area contributed by atoms with Gasteiger partial charge in [-0.3, -0.25) is 0 Å². The molecule has 0 radical (unpaired) electrons. The molecule has 0 aliphatic rings. The number of nitrogens with zero attached hydrogens (tertiary/aromatic N) is 1. The fourth-order valence-corrected chi connectivity index (χ4v) is 1.43. The number of hydrogen-bond acceptors (Lipinski definition) is 4. The molecule has 1 aromatic carbocycles. The molecule has 0 bridgehead atoms. The predicted molar refractivity (Wildman–Crippen MR) is 64.7 cm³/mol. The summed E-state index contributed by atoms with van der Waals surface area (Å²) in [5.41, 5.74) is 1.62. The zero-order chi connectivity index (χ0) is 12.8. The van der Waals surface area contributed by atoms with E-state index in [1.165, 1.54) is 6.26 Å². The van der Waals surface area contributed by atoms with Crippen molar-refractivity contribution < 1.29 is 13.9 Å². The summed E-state index contributed by atoms with van der Waals surface area (Å²) < 4.78 is 10.1. The van der Waals surface area contributed by atoms with E-state index in [0.29, 0.717) is 18.1 Å². The zero-order valence-corrected chi connectivity index (χ0v) is 10.1. The number of aromatic nitrogens is 1. The van der Waals surface area contributed by atoms with Crippen molar-refractivity contribution in [2.24, 2.45) is 0 Å².